The molecule has 9 amide bonds. The molecule has 0 aliphatic carbocycles. The SMILES string of the molecule is CC(=O)N[C@@H](CCCN=C(N)N)C(=O)N[C@@H](CCCN=C(N)N)C(=O)N[C@@H](Cc1ccccc1)C(=O)N[C@@H](Cc1c[nH]c2ccccc12)C(=O)N[C@H](CS)C(=O)N[C@@H](C)C(=O)N[C@H](C(=O)N[C@@H](CCCN=C(N)N)C(=O)N[C@H](C(=O)O)C(C)(C)C)[C@@H](C)O. The van der Waals surface area contributed by atoms with Crippen LogP contribution in [0.15, 0.2) is 75.8 Å². The number of H-pyrrole nitrogens is 1. The highest BCUT2D eigenvalue weighted by Crippen LogP contribution is 2.21. The van der Waals surface area contributed by atoms with Gasteiger partial charge < -0.3 is 97.5 Å². The number of carboxylic acids is 1. The van der Waals surface area contributed by atoms with Gasteiger partial charge in [0.05, 0.1) is 6.10 Å². The summed E-state index contributed by atoms with van der Waals surface area (Å²) < 4.78 is 0. The molecular formula is C56H87N19O12S. The molecule has 0 saturated heterocycles. The van der Waals surface area contributed by atoms with E-state index in [0.717, 1.165) is 0 Å². The van der Waals surface area contributed by atoms with Crippen LogP contribution in [0, 0.1) is 5.41 Å². The zero-order valence-corrected chi connectivity index (χ0v) is 51.2. The van der Waals surface area contributed by atoms with E-state index in [4.69, 9.17) is 34.4 Å². The van der Waals surface area contributed by atoms with Crippen molar-refractivity contribution < 1.29 is 58.2 Å². The first-order valence-electron chi connectivity index (χ1n) is 28.4. The average Bonchev–Trinajstić information content (AvgIpc) is 2.10. The van der Waals surface area contributed by atoms with Gasteiger partial charge in [0, 0.05) is 62.3 Å². The molecule has 1 heterocycles. The summed E-state index contributed by atoms with van der Waals surface area (Å²) in [7, 11) is 0. The number of nitrogens with one attached hydrogen (secondary N) is 10. The molecular weight excluding hydrogens is 1160 g/mol. The summed E-state index contributed by atoms with van der Waals surface area (Å²) in [6.07, 6.45) is 0.225. The number of aliphatic hydroxyl groups excluding tert-OH is 1. The summed E-state index contributed by atoms with van der Waals surface area (Å²) in [5, 5.41) is 44.4. The summed E-state index contributed by atoms with van der Waals surface area (Å²) in [6.45, 7) is 8.64. The van der Waals surface area contributed by atoms with Crippen molar-refractivity contribution in [3.05, 3.63) is 71.9 Å². The van der Waals surface area contributed by atoms with E-state index >= 15 is 0 Å². The molecule has 0 saturated carbocycles. The lowest BCUT2D eigenvalue weighted by Gasteiger charge is -2.30. The maximum atomic E-state index is 14.8. The number of amides is 9. The van der Waals surface area contributed by atoms with Gasteiger partial charge in [0.2, 0.25) is 53.2 Å². The number of benzene rings is 2. The number of rotatable bonds is 36. The highest BCUT2D eigenvalue weighted by Gasteiger charge is 2.38. The van der Waals surface area contributed by atoms with Gasteiger partial charge in [-0.25, -0.2) is 4.79 Å². The summed E-state index contributed by atoms with van der Waals surface area (Å²) in [5.74, 6) is -10.0. The smallest absolute Gasteiger partial charge is 0.326 e. The number of thiol groups is 1. The summed E-state index contributed by atoms with van der Waals surface area (Å²) in [4.78, 5) is 152. The van der Waals surface area contributed by atoms with Crippen molar-refractivity contribution in [1.29, 1.82) is 0 Å². The maximum Gasteiger partial charge on any atom is 0.326 e. The number of hydrogen-bond acceptors (Lipinski definition) is 15. The van der Waals surface area contributed by atoms with Crippen LogP contribution >= 0.6 is 12.6 Å². The molecule has 1 aromatic heterocycles. The van der Waals surface area contributed by atoms with Crippen LogP contribution in [0.25, 0.3) is 10.9 Å². The molecule has 3 aromatic rings. The third-order valence-corrected chi connectivity index (χ3v) is 13.8. The number of nitrogens with two attached hydrogens (primary N) is 6. The average molecular weight is 1250 g/mol. The first-order chi connectivity index (χ1) is 41.4. The summed E-state index contributed by atoms with van der Waals surface area (Å²) in [5.41, 5.74) is 33.7. The Balaban J connectivity index is 1.94. The van der Waals surface area contributed by atoms with Crippen molar-refractivity contribution >= 4 is 101 Å². The third kappa shape index (κ3) is 25.4. The molecule has 0 spiro atoms. The van der Waals surface area contributed by atoms with Crippen LogP contribution in [0.4, 0.5) is 0 Å². The molecule has 32 heteroatoms. The molecule has 88 heavy (non-hydrogen) atoms. The Kier molecular flexibility index (Phi) is 29.9. The lowest BCUT2D eigenvalue weighted by molar-refractivity contribution is -0.145. The number of carbonyl (C=O) groups excluding carboxylic acids is 9. The minimum absolute atomic E-state index is 0.0331. The van der Waals surface area contributed by atoms with Crippen molar-refractivity contribution in [2.24, 2.45) is 54.8 Å². The molecule has 24 N–H and O–H groups in total. The van der Waals surface area contributed by atoms with Gasteiger partial charge in [-0.1, -0.05) is 69.3 Å². The van der Waals surface area contributed by atoms with Crippen molar-refractivity contribution in [3.63, 3.8) is 0 Å². The van der Waals surface area contributed by atoms with Crippen LogP contribution in [0.5, 0.6) is 0 Å². The molecule has 3 rings (SSSR count). The number of aliphatic imine (C=N–C) groups is 3. The quantitative estimate of drug-likeness (QED) is 0.0114. The molecule has 0 aliphatic heterocycles. The van der Waals surface area contributed by atoms with Crippen LogP contribution in [0.2, 0.25) is 0 Å². The van der Waals surface area contributed by atoms with E-state index in [0.29, 0.717) is 22.0 Å². The topological polar surface area (TPSA) is 528 Å². The van der Waals surface area contributed by atoms with Gasteiger partial charge in [-0.3, -0.25) is 58.1 Å². The number of aromatic nitrogens is 1. The number of fused-ring (bicyclic) bond motifs is 1. The standard InChI is InChI=1S/C56H87N19O12S/c1-29(44(78)74-42(30(2)76)51(85)70-38(21-14-24-65-55(61)62)47(81)75-43(52(86)87)56(4,5)6)67-50(84)41(28-88)73-49(83)40(26-33-27-66-35-18-11-10-17-34(33)35)72-48(82)39(25-32-15-8-7-9-16-32)71-46(80)37(20-13-23-64-54(59)60)69-45(79)36(68-31(3)77)19-12-22-63-53(57)58/h7-11,15-18,27,29-30,36-43,66,76,88H,12-14,19-26,28H2,1-6H3,(H,67,84)(H,68,77)(H,69,79)(H,70,85)(H,71,80)(H,72,82)(H,73,83)(H,74,78)(H,75,81)(H,86,87)(H4,57,58,63)(H4,59,60,64)(H4,61,62,65)/t29-,30+,36-,37-,38-,39-,40-,41+,42-,43+/m0/s1. The van der Waals surface area contributed by atoms with Crippen LogP contribution < -0.4 is 82.3 Å². The molecule has 484 valence electrons. The van der Waals surface area contributed by atoms with E-state index < -0.39 is 125 Å². The highest BCUT2D eigenvalue weighted by molar-refractivity contribution is 7.80. The molecule has 10 atom stereocenters. The molecule has 0 unspecified atom stereocenters. The van der Waals surface area contributed by atoms with E-state index in [-0.39, 0.29) is 94.6 Å². The lowest BCUT2D eigenvalue weighted by atomic mass is 9.86. The largest absolute Gasteiger partial charge is 0.480 e. The number of aliphatic carboxylic acids is 1. The fourth-order valence-corrected chi connectivity index (χ4v) is 9.11. The van der Waals surface area contributed by atoms with E-state index in [1.165, 1.54) is 20.8 Å². The number of nitrogens with zero attached hydrogens (tertiary/aromatic N) is 3. The molecule has 2 aromatic carbocycles. The maximum absolute atomic E-state index is 14.8. The molecule has 0 aliphatic rings. The van der Waals surface area contributed by atoms with Gasteiger partial charge >= 0.3 is 5.97 Å². The Morgan fingerprint density at radius 2 is 0.955 bits per heavy atom. The normalized spacial score (nSPS) is 14.5. The Morgan fingerprint density at radius 3 is 1.42 bits per heavy atom. The molecule has 31 nitrogen and oxygen atoms in total. The minimum Gasteiger partial charge on any atom is -0.480 e. The third-order valence-electron chi connectivity index (χ3n) is 13.5. The first kappa shape index (κ1) is 73.1. The van der Waals surface area contributed by atoms with Crippen LogP contribution in [0.1, 0.15) is 91.2 Å². The van der Waals surface area contributed by atoms with Gasteiger partial charge in [-0.2, -0.15) is 12.6 Å². The first-order valence-corrected chi connectivity index (χ1v) is 29.0. The second-order valence-corrected chi connectivity index (χ2v) is 22.3. The predicted octanol–water partition coefficient (Wildman–Crippen LogP) is -4.04. The number of aromatic amines is 1. The highest BCUT2D eigenvalue weighted by atomic mass is 32.1. The zero-order valence-electron chi connectivity index (χ0n) is 50.3. The van der Waals surface area contributed by atoms with Crippen LogP contribution in [-0.2, 0) is 60.8 Å². The Labute approximate surface area is 515 Å². The van der Waals surface area contributed by atoms with E-state index in [1.807, 2.05) is 0 Å². The number of aliphatic hydroxyl groups is 1. The van der Waals surface area contributed by atoms with E-state index in [1.54, 1.807) is 81.6 Å². The number of carbonyl (C=O) groups is 10. The van der Waals surface area contributed by atoms with Gasteiger partial charge in [-0.05, 0) is 75.0 Å². The fraction of sp³-hybridized carbons (Fsp3) is 0.518. The number of hydrogen-bond donors (Lipinski definition) is 19. The molecule has 0 radical (unpaired) electrons. The number of carboxylic acid groups (broad SMARTS) is 1. The molecule has 0 bridgehead atoms. The summed E-state index contributed by atoms with van der Waals surface area (Å²) >= 11 is 4.32. The van der Waals surface area contributed by atoms with Crippen LogP contribution in [0.3, 0.4) is 0 Å². The number of para-hydroxylation sites is 1. The predicted molar refractivity (Wildman–Crippen MR) is 333 cm³/mol. The zero-order chi connectivity index (χ0) is 65.8. The van der Waals surface area contributed by atoms with Gasteiger partial charge in [0.15, 0.2) is 17.9 Å². The molecule has 0 fully saturated rings. The van der Waals surface area contributed by atoms with Gasteiger partial charge in [0.1, 0.15) is 54.4 Å². The van der Waals surface area contributed by atoms with Crippen molar-refractivity contribution in [2.75, 3.05) is 25.4 Å². The van der Waals surface area contributed by atoms with Crippen molar-refractivity contribution in [2.45, 2.75) is 153 Å². The van der Waals surface area contributed by atoms with Crippen molar-refractivity contribution in [1.82, 2.24) is 52.8 Å². The van der Waals surface area contributed by atoms with E-state index in [2.05, 4.69) is 80.4 Å². The minimum atomic E-state index is -1.73. The second-order valence-electron chi connectivity index (χ2n) is 21.9. The summed E-state index contributed by atoms with van der Waals surface area (Å²) in [6, 6.07) is 2.90. The number of guanidine groups is 3. The van der Waals surface area contributed by atoms with Gasteiger partial charge in [-0.15, -0.1) is 0 Å². The Bertz CT molecular complexity index is 2960. The Morgan fingerprint density at radius 1 is 0.534 bits per heavy atom. The second kappa shape index (κ2) is 36.1. The van der Waals surface area contributed by atoms with Crippen molar-refractivity contribution in [3.8, 4) is 0 Å². The lowest BCUT2D eigenvalue weighted by Crippen LogP contribution is -2.62. The van der Waals surface area contributed by atoms with E-state index in [9.17, 15) is 58.2 Å². The van der Waals surface area contributed by atoms with Crippen LogP contribution in [-0.4, -0.2) is 178 Å². The van der Waals surface area contributed by atoms with Gasteiger partial charge in [0.25, 0.3) is 0 Å². The monoisotopic (exact) mass is 1250 g/mol. The Hall–Kier alpha value is -9.20. The fourth-order valence-electron chi connectivity index (χ4n) is 8.85.